The molecule has 0 amide bonds. The largest absolute Gasteiger partial charge is 0.374 e. The van der Waals surface area contributed by atoms with Crippen LogP contribution in [0.2, 0.25) is 0 Å². The summed E-state index contributed by atoms with van der Waals surface area (Å²) >= 11 is 0. The van der Waals surface area contributed by atoms with Crippen LogP contribution in [0, 0.1) is 0 Å². The van der Waals surface area contributed by atoms with Gasteiger partial charge in [0.25, 0.3) is 10.1 Å². The van der Waals surface area contributed by atoms with Gasteiger partial charge in [-0.15, -0.1) is 5.06 Å². The van der Waals surface area contributed by atoms with Crippen molar-refractivity contribution >= 4 is 16.1 Å². The average Bonchev–Trinajstić information content (AvgIpc) is 2.47. The molecule has 7 nitrogen and oxygen atoms in total. The van der Waals surface area contributed by atoms with Gasteiger partial charge in [-0.1, -0.05) is 24.6 Å². The Morgan fingerprint density at radius 2 is 1.95 bits per heavy atom. The lowest BCUT2D eigenvalue weighted by molar-refractivity contribution is -0.165. The highest BCUT2D eigenvalue weighted by Crippen LogP contribution is 2.23. The minimum absolute atomic E-state index is 0.301. The van der Waals surface area contributed by atoms with E-state index in [2.05, 4.69) is 0 Å². The first-order valence-electron chi connectivity index (χ1n) is 6.58. The van der Waals surface area contributed by atoms with Gasteiger partial charge in [0.1, 0.15) is 0 Å². The van der Waals surface area contributed by atoms with Crippen LogP contribution in [-0.2, 0) is 15.0 Å². The van der Waals surface area contributed by atoms with Crippen LogP contribution < -0.4 is 0 Å². The molecule has 0 aromatic heterocycles. The maximum atomic E-state index is 12.0. The van der Waals surface area contributed by atoms with Crippen molar-refractivity contribution in [2.75, 3.05) is 6.54 Å². The maximum Gasteiger partial charge on any atom is 0.357 e. The van der Waals surface area contributed by atoms with Crippen LogP contribution in [0.15, 0.2) is 30.3 Å². The second-order valence-electron chi connectivity index (χ2n) is 4.85. The minimum Gasteiger partial charge on any atom is -0.374 e. The van der Waals surface area contributed by atoms with Gasteiger partial charge in [-0.3, -0.25) is 4.55 Å². The van der Waals surface area contributed by atoms with E-state index in [-0.39, 0.29) is 0 Å². The number of aliphatic hydroxyl groups is 1. The number of carbonyl (C=O) groups excluding carboxylic acids is 1. The van der Waals surface area contributed by atoms with Crippen LogP contribution in [0.3, 0.4) is 0 Å². The first-order chi connectivity index (χ1) is 9.89. The number of hydrogen-bond donors (Lipinski definition) is 2. The summed E-state index contributed by atoms with van der Waals surface area (Å²) in [5, 5.41) is 10.8. The molecular weight excluding hydrogens is 298 g/mol. The number of rotatable bonds is 4. The summed E-state index contributed by atoms with van der Waals surface area (Å²) in [5.74, 6) is -0.634. The molecule has 0 bridgehead atoms. The summed E-state index contributed by atoms with van der Waals surface area (Å²) in [6.45, 7) is 0.301. The van der Waals surface area contributed by atoms with Crippen molar-refractivity contribution < 1.29 is 27.7 Å². The van der Waals surface area contributed by atoms with Gasteiger partial charge in [-0.2, -0.15) is 8.42 Å². The lowest BCUT2D eigenvalue weighted by Gasteiger charge is -2.35. The Hall–Kier alpha value is -1.48. The fourth-order valence-corrected chi connectivity index (χ4v) is 2.93. The second-order valence-corrected chi connectivity index (χ2v) is 6.37. The number of hydroxylamine groups is 2. The highest BCUT2D eigenvalue weighted by molar-refractivity contribution is 7.86. The molecule has 8 heteroatoms. The summed E-state index contributed by atoms with van der Waals surface area (Å²) in [4.78, 5) is 17.1. The van der Waals surface area contributed by atoms with E-state index in [1.54, 1.807) is 30.3 Å². The van der Waals surface area contributed by atoms with Crippen molar-refractivity contribution in [3.8, 4) is 0 Å². The zero-order chi connectivity index (χ0) is 15.5. The van der Waals surface area contributed by atoms with Gasteiger partial charge in [0.15, 0.2) is 5.44 Å². The minimum atomic E-state index is -4.61. The summed E-state index contributed by atoms with van der Waals surface area (Å²) in [5.41, 5.74) is -1.68. The Kier molecular flexibility index (Phi) is 4.94. The SMILES string of the molecule is O=C(ON1CCCC[C@@H]1C(O)S(=O)(=O)O)c1ccccc1. The van der Waals surface area contributed by atoms with Gasteiger partial charge in [0.05, 0.1) is 11.6 Å². The number of aliphatic hydroxyl groups excluding tert-OH is 1. The van der Waals surface area contributed by atoms with E-state index >= 15 is 0 Å². The molecule has 0 aliphatic carbocycles. The smallest absolute Gasteiger partial charge is 0.357 e. The first kappa shape index (κ1) is 15.9. The third-order valence-electron chi connectivity index (χ3n) is 3.34. The lowest BCUT2D eigenvalue weighted by atomic mass is 10.1. The molecule has 1 aromatic carbocycles. The van der Waals surface area contributed by atoms with Crippen molar-refractivity contribution in [2.24, 2.45) is 0 Å². The Labute approximate surface area is 122 Å². The topological polar surface area (TPSA) is 104 Å². The summed E-state index contributed by atoms with van der Waals surface area (Å²) in [6, 6.07) is 7.28. The highest BCUT2D eigenvalue weighted by Gasteiger charge is 2.38. The molecule has 2 rings (SSSR count). The summed E-state index contributed by atoms with van der Waals surface area (Å²) < 4.78 is 31.1. The van der Waals surface area contributed by atoms with E-state index < -0.39 is 27.6 Å². The summed E-state index contributed by atoms with van der Waals surface area (Å²) in [7, 11) is -4.61. The molecule has 0 saturated carbocycles. The van der Waals surface area contributed by atoms with Gasteiger partial charge in [0.2, 0.25) is 0 Å². The molecule has 1 heterocycles. The fraction of sp³-hybridized carbons (Fsp3) is 0.462. The van der Waals surface area contributed by atoms with Gasteiger partial charge in [-0.05, 0) is 25.0 Å². The predicted octanol–water partition coefficient (Wildman–Crippen LogP) is 0.819. The monoisotopic (exact) mass is 315 g/mol. The zero-order valence-corrected chi connectivity index (χ0v) is 12.1. The molecule has 1 saturated heterocycles. The van der Waals surface area contributed by atoms with E-state index in [0.717, 1.165) is 5.06 Å². The predicted molar refractivity (Wildman–Crippen MR) is 73.8 cm³/mol. The lowest BCUT2D eigenvalue weighted by Crippen LogP contribution is -2.50. The van der Waals surface area contributed by atoms with Gasteiger partial charge >= 0.3 is 5.97 Å². The van der Waals surface area contributed by atoms with Crippen molar-refractivity contribution in [1.82, 2.24) is 5.06 Å². The third kappa shape index (κ3) is 4.01. The number of carbonyl (C=O) groups is 1. The van der Waals surface area contributed by atoms with Gasteiger partial charge in [-0.25, -0.2) is 4.79 Å². The van der Waals surface area contributed by atoms with Crippen molar-refractivity contribution in [3.05, 3.63) is 35.9 Å². The van der Waals surface area contributed by atoms with E-state index in [9.17, 15) is 18.3 Å². The highest BCUT2D eigenvalue weighted by atomic mass is 32.2. The molecule has 1 unspecified atom stereocenters. The third-order valence-corrected chi connectivity index (χ3v) is 4.27. The maximum absolute atomic E-state index is 12.0. The standard InChI is InChI=1S/C13H17NO6S/c15-12(10-6-2-1-3-7-10)20-14-9-5-4-8-11(14)13(16)21(17,18)19/h1-3,6-7,11,13,16H,4-5,8-9H2,(H,17,18,19)/t11-,13?/m1/s1. The van der Waals surface area contributed by atoms with Crippen LogP contribution in [-0.4, -0.2) is 47.1 Å². The van der Waals surface area contributed by atoms with E-state index in [1.165, 1.54) is 0 Å². The molecule has 1 aliphatic rings. The number of nitrogens with zero attached hydrogens (tertiary/aromatic N) is 1. The van der Waals surface area contributed by atoms with Crippen molar-refractivity contribution in [2.45, 2.75) is 30.7 Å². The van der Waals surface area contributed by atoms with Crippen LogP contribution in [0.4, 0.5) is 0 Å². The molecule has 0 spiro atoms. The Balaban J connectivity index is 2.11. The van der Waals surface area contributed by atoms with Gasteiger partial charge < -0.3 is 9.94 Å². The van der Waals surface area contributed by atoms with Crippen molar-refractivity contribution in [1.29, 1.82) is 0 Å². The fourth-order valence-electron chi connectivity index (χ4n) is 2.26. The molecule has 1 fully saturated rings. The van der Waals surface area contributed by atoms with Crippen LogP contribution >= 0.6 is 0 Å². The average molecular weight is 315 g/mol. The van der Waals surface area contributed by atoms with Gasteiger partial charge in [0, 0.05) is 6.54 Å². The Morgan fingerprint density at radius 1 is 1.29 bits per heavy atom. The molecule has 2 N–H and O–H groups in total. The van der Waals surface area contributed by atoms with Crippen LogP contribution in [0.1, 0.15) is 29.6 Å². The molecular formula is C13H17NO6S. The molecule has 21 heavy (non-hydrogen) atoms. The normalized spacial score (nSPS) is 21.7. The second kappa shape index (κ2) is 6.52. The zero-order valence-electron chi connectivity index (χ0n) is 11.3. The molecule has 116 valence electrons. The molecule has 1 aliphatic heterocycles. The molecule has 1 aromatic rings. The summed E-state index contributed by atoms with van der Waals surface area (Å²) in [6.07, 6.45) is 1.69. The van der Waals surface area contributed by atoms with E-state index in [4.69, 9.17) is 9.39 Å². The quantitative estimate of drug-likeness (QED) is 0.793. The van der Waals surface area contributed by atoms with Crippen molar-refractivity contribution in [3.63, 3.8) is 0 Å². The van der Waals surface area contributed by atoms with E-state index in [0.29, 0.717) is 31.4 Å². The van der Waals surface area contributed by atoms with Crippen LogP contribution in [0.25, 0.3) is 0 Å². The Morgan fingerprint density at radius 3 is 2.57 bits per heavy atom. The number of hydrogen-bond acceptors (Lipinski definition) is 6. The molecule has 2 atom stereocenters. The molecule has 0 radical (unpaired) electrons. The first-order valence-corrected chi connectivity index (χ1v) is 8.08. The number of piperidine rings is 1. The number of benzene rings is 1. The Bertz CT molecular complexity index is 588. The van der Waals surface area contributed by atoms with E-state index in [1.807, 2.05) is 0 Å². The van der Waals surface area contributed by atoms with Crippen LogP contribution in [0.5, 0.6) is 0 Å².